The summed E-state index contributed by atoms with van der Waals surface area (Å²) in [5, 5.41) is 17.8. The quantitative estimate of drug-likeness (QED) is 0.473. The van der Waals surface area contributed by atoms with Crippen LogP contribution in [0.4, 0.5) is 5.69 Å². The SMILES string of the molecule is COc1cc(/C=N\N2[C@@H](C)CCC[C@@H]2C)c([N+](=O)[O-])cc1OC. The van der Waals surface area contributed by atoms with Crippen LogP contribution in [0.2, 0.25) is 0 Å². The van der Waals surface area contributed by atoms with Crippen molar-refractivity contribution in [2.75, 3.05) is 14.2 Å². The molecule has 7 nitrogen and oxygen atoms in total. The van der Waals surface area contributed by atoms with Gasteiger partial charge in [-0.1, -0.05) is 0 Å². The molecule has 2 rings (SSSR count). The van der Waals surface area contributed by atoms with Crippen LogP contribution >= 0.6 is 0 Å². The Morgan fingerprint density at radius 2 is 1.78 bits per heavy atom. The largest absolute Gasteiger partial charge is 0.493 e. The predicted octanol–water partition coefficient (Wildman–Crippen LogP) is 3.21. The van der Waals surface area contributed by atoms with Crippen molar-refractivity contribution in [1.29, 1.82) is 0 Å². The van der Waals surface area contributed by atoms with Crippen LogP contribution in [0.25, 0.3) is 0 Å². The number of hydrogen-bond acceptors (Lipinski definition) is 6. The second-order valence-electron chi connectivity index (χ2n) is 5.78. The summed E-state index contributed by atoms with van der Waals surface area (Å²) in [6, 6.07) is 3.60. The minimum Gasteiger partial charge on any atom is -0.493 e. The van der Waals surface area contributed by atoms with Crippen molar-refractivity contribution < 1.29 is 14.4 Å². The van der Waals surface area contributed by atoms with E-state index in [0.29, 0.717) is 29.1 Å². The number of hydrogen-bond donors (Lipinski definition) is 0. The molecular formula is C16H23N3O4. The molecule has 126 valence electrons. The Kier molecular flexibility index (Phi) is 5.41. The molecule has 0 amide bonds. The van der Waals surface area contributed by atoms with Crippen LogP contribution in [-0.4, -0.2) is 42.5 Å². The summed E-state index contributed by atoms with van der Waals surface area (Å²) in [6.07, 6.45) is 4.88. The van der Waals surface area contributed by atoms with Crippen LogP contribution in [0.1, 0.15) is 38.7 Å². The second kappa shape index (κ2) is 7.30. The molecule has 0 saturated carbocycles. The van der Waals surface area contributed by atoms with Gasteiger partial charge in [0.15, 0.2) is 11.5 Å². The van der Waals surface area contributed by atoms with E-state index in [9.17, 15) is 10.1 Å². The van der Waals surface area contributed by atoms with Crippen LogP contribution in [0.3, 0.4) is 0 Å². The molecule has 23 heavy (non-hydrogen) atoms. The third-order valence-corrected chi connectivity index (χ3v) is 4.21. The number of nitrogens with zero attached hydrogens (tertiary/aromatic N) is 3. The lowest BCUT2D eigenvalue weighted by Gasteiger charge is -2.36. The van der Waals surface area contributed by atoms with Crippen molar-refractivity contribution >= 4 is 11.9 Å². The van der Waals surface area contributed by atoms with E-state index >= 15 is 0 Å². The van der Waals surface area contributed by atoms with Gasteiger partial charge in [0.1, 0.15) is 0 Å². The second-order valence-corrected chi connectivity index (χ2v) is 5.78. The first-order chi connectivity index (χ1) is 11.0. The summed E-state index contributed by atoms with van der Waals surface area (Å²) < 4.78 is 10.3. The molecule has 1 saturated heterocycles. The molecule has 1 aliphatic heterocycles. The minimum absolute atomic E-state index is 0.0521. The Morgan fingerprint density at radius 1 is 1.22 bits per heavy atom. The molecular weight excluding hydrogens is 298 g/mol. The molecule has 1 heterocycles. The number of ether oxygens (including phenoxy) is 2. The number of piperidine rings is 1. The third kappa shape index (κ3) is 3.72. The van der Waals surface area contributed by atoms with Gasteiger partial charge in [-0.05, 0) is 39.2 Å². The first kappa shape index (κ1) is 17.1. The van der Waals surface area contributed by atoms with E-state index < -0.39 is 4.92 Å². The smallest absolute Gasteiger partial charge is 0.282 e. The van der Waals surface area contributed by atoms with Crippen molar-refractivity contribution in [2.24, 2.45) is 5.10 Å². The minimum atomic E-state index is -0.438. The first-order valence-corrected chi connectivity index (χ1v) is 7.70. The number of benzene rings is 1. The zero-order chi connectivity index (χ0) is 17.0. The molecule has 7 heteroatoms. The highest BCUT2D eigenvalue weighted by Gasteiger charge is 2.24. The Labute approximate surface area is 136 Å². The maximum atomic E-state index is 11.3. The number of rotatable bonds is 5. The van der Waals surface area contributed by atoms with E-state index in [1.54, 1.807) is 12.3 Å². The van der Waals surface area contributed by atoms with Crippen molar-refractivity contribution in [3.8, 4) is 11.5 Å². The highest BCUT2D eigenvalue weighted by atomic mass is 16.6. The zero-order valence-electron chi connectivity index (χ0n) is 14.0. The molecule has 2 atom stereocenters. The van der Waals surface area contributed by atoms with Crippen molar-refractivity contribution in [3.05, 3.63) is 27.8 Å². The van der Waals surface area contributed by atoms with E-state index in [1.165, 1.54) is 26.7 Å². The van der Waals surface area contributed by atoms with Gasteiger partial charge in [0.05, 0.1) is 37.0 Å². The van der Waals surface area contributed by atoms with Crippen LogP contribution in [0.5, 0.6) is 11.5 Å². The molecule has 0 radical (unpaired) electrons. The Balaban J connectivity index is 2.37. The monoisotopic (exact) mass is 321 g/mol. The fraction of sp³-hybridized carbons (Fsp3) is 0.562. The van der Waals surface area contributed by atoms with Gasteiger partial charge >= 0.3 is 0 Å². The summed E-state index contributed by atoms with van der Waals surface area (Å²) in [7, 11) is 2.95. The van der Waals surface area contributed by atoms with Gasteiger partial charge in [-0.15, -0.1) is 0 Å². The van der Waals surface area contributed by atoms with Crippen LogP contribution in [0, 0.1) is 10.1 Å². The van der Waals surface area contributed by atoms with Gasteiger partial charge in [-0.25, -0.2) is 0 Å². The summed E-state index contributed by atoms with van der Waals surface area (Å²) in [4.78, 5) is 10.9. The summed E-state index contributed by atoms with van der Waals surface area (Å²) >= 11 is 0. The van der Waals surface area contributed by atoms with E-state index in [-0.39, 0.29) is 5.69 Å². The van der Waals surface area contributed by atoms with Gasteiger partial charge in [-0.2, -0.15) is 5.10 Å². The molecule has 0 N–H and O–H groups in total. The lowest BCUT2D eigenvalue weighted by atomic mass is 10.00. The standard InChI is InChI=1S/C16H23N3O4/c1-11-6-5-7-12(2)18(11)17-10-13-8-15(22-3)16(23-4)9-14(13)19(20)21/h8-12H,5-7H2,1-4H3/b17-10-/t11-,12-/m0/s1. The summed E-state index contributed by atoms with van der Waals surface area (Å²) in [5.74, 6) is 0.773. The van der Waals surface area contributed by atoms with Gasteiger partial charge in [-0.3, -0.25) is 15.1 Å². The molecule has 1 aromatic carbocycles. The normalized spacial score (nSPS) is 21.5. The molecule has 0 unspecified atom stereocenters. The molecule has 0 spiro atoms. The van der Waals surface area contributed by atoms with E-state index in [4.69, 9.17) is 9.47 Å². The molecule has 0 bridgehead atoms. The van der Waals surface area contributed by atoms with Crippen molar-refractivity contribution in [1.82, 2.24) is 5.01 Å². The van der Waals surface area contributed by atoms with E-state index in [0.717, 1.165) is 12.8 Å². The Hall–Kier alpha value is -2.31. The van der Waals surface area contributed by atoms with Crippen LogP contribution in [-0.2, 0) is 0 Å². The lowest BCUT2D eigenvalue weighted by Crippen LogP contribution is -2.39. The molecule has 1 aliphatic rings. The zero-order valence-corrected chi connectivity index (χ0v) is 14.0. The Morgan fingerprint density at radius 3 is 2.30 bits per heavy atom. The van der Waals surface area contributed by atoms with Gasteiger partial charge < -0.3 is 9.47 Å². The summed E-state index contributed by atoms with van der Waals surface area (Å²) in [5.41, 5.74) is 0.348. The number of methoxy groups -OCH3 is 2. The highest BCUT2D eigenvalue weighted by Crippen LogP contribution is 2.34. The van der Waals surface area contributed by atoms with Gasteiger partial charge in [0.2, 0.25) is 0 Å². The number of hydrazone groups is 1. The fourth-order valence-corrected chi connectivity index (χ4v) is 2.91. The fourth-order valence-electron chi connectivity index (χ4n) is 2.91. The van der Waals surface area contributed by atoms with Crippen molar-refractivity contribution in [2.45, 2.75) is 45.2 Å². The van der Waals surface area contributed by atoms with Crippen molar-refractivity contribution in [3.63, 3.8) is 0 Å². The van der Waals surface area contributed by atoms with E-state index in [1.807, 2.05) is 5.01 Å². The maximum absolute atomic E-state index is 11.3. The van der Waals surface area contributed by atoms with Crippen LogP contribution < -0.4 is 9.47 Å². The average molecular weight is 321 g/mol. The van der Waals surface area contributed by atoms with Gasteiger partial charge in [0.25, 0.3) is 5.69 Å². The lowest BCUT2D eigenvalue weighted by molar-refractivity contribution is -0.385. The molecule has 0 aromatic heterocycles. The van der Waals surface area contributed by atoms with Crippen LogP contribution in [0.15, 0.2) is 17.2 Å². The molecule has 1 aromatic rings. The molecule has 1 fully saturated rings. The number of nitro groups is 1. The van der Waals surface area contributed by atoms with E-state index in [2.05, 4.69) is 18.9 Å². The predicted molar refractivity (Wildman–Crippen MR) is 88.4 cm³/mol. The number of nitro benzene ring substituents is 1. The first-order valence-electron chi connectivity index (χ1n) is 7.70. The Bertz CT molecular complexity index is 593. The highest BCUT2D eigenvalue weighted by molar-refractivity contribution is 5.86. The topological polar surface area (TPSA) is 77.2 Å². The maximum Gasteiger partial charge on any atom is 0.282 e. The molecule has 0 aliphatic carbocycles. The summed E-state index contributed by atoms with van der Waals surface area (Å²) in [6.45, 7) is 4.24. The third-order valence-electron chi connectivity index (χ3n) is 4.21. The average Bonchev–Trinajstić information content (AvgIpc) is 2.53. The van der Waals surface area contributed by atoms with Gasteiger partial charge in [0, 0.05) is 12.1 Å².